The molecule has 0 spiro atoms. The molecule has 228 valence electrons. The molecule has 0 aliphatic heterocycles. The number of pyridine rings is 1. The third kappa shape index (κ3) is 5.99. The molecule has 0 aliphatic carbocycles. The standard InChI is InChI=1S/C24H17Cl2F7N8O2/c1-11-6-12(25)7-14(20(42)34-2)18(11)37-21(43)16-8-13(38-41(16)19-15(26)4-3-5-35-19)10-40-36-9-17(39-40)22(27,23(28,29)30)24(31,32)33/h3-9H,10H2,1-2H3,(H,34,42)(H,37,43). The van der Waals surface area contributed by atoms with Gasteiger partial charge in [0.05, 0.1) is 28.2 Å². The molecule has 4 rings (SSSR count). The van der Waals surface area contributed by atoms with Gasteiger partial charge in [0.15, 0.2) is 5.82 Å². The van der Waals surface area contributed by atoms with E-state index in [-0.39, 0.29) is 44.7 Å². The lowest BCUT2D eigenvalue weighted by atomic mass is 10.0. The van der Waals surface area contributed by atoms with Crippen LogP contribution in [-0.4, -0.2) is 61.0 Å². The Labute approximate surface area is 246 Å². The number of rotatable bonds is 7. The number of nitrogens with one attached hydrogen (secondary N) is 2. The maximum Gasteiger partial charge on any atom is 0.437 e. The van der Waals surface area contributed by atoms with Gasteiger partial charge in [-0.15, -0.1) is 0 Å². The first kappa shape index (κ1) is 31.7. The first-order valence-corrected chi connectivity index (χ1v) is 12.5. The molecule has 0 aliphatic rings. The Morgan fingerprint density at radius 1 is 0.977 bits per heavy atom. The molecule has 2 N–H and O–H groups in total. The van der Waals surface area contributed by atoms with E-state index >= 15 is 0 Å². The lowest BCUT2D eigenvalue weighted by Crippen LogP contribution is -2.50. The fraction of sp³-hybridized carbons (Fsp3) is 0.250. The zero-order valence-corrected chi connectivity index (χ0v) is 23.2. The normalized spacial score (nSPS) is 12.3. The van der Waals surface area contributed by atoms with Gasteiger partial charge in [-0.2, -0.15) is 46.4 Å². The van der Waals surface area contributed by atoms with Gasteiger partial charge in [0, 0.05) is 18.3 Å². The monoisotopic (exact) mass is 652 g/mol. The van der Waals surface area contributed by atoms with Crippen LogP contribution in [0.1, 0.15) is 37.8 Å². The van der Waals surface area contributed by atoms with Crippen LogP contribution < -0.4 is 10.6 Å². The summed E-state index contributed by atoms with van der Waals surface area (Å²) < 4.78 is 94.2. The van der Waals surface area contributed by atoms with Crippen LogP contribution in [0.5, 0.6) is 0 Å². The SMILES string of the molecule is CNC(=O)c1cc(Cl)cc(C)c1NC(=O)c1cc(Cn2ncc(C(F)(C(F)(F)F)C(F)(F)F)n2)nn1-c1ncccc1Cl. The fourth-order valence-corrected chi connectivity index (χ4v) is 4.37. The van der Waals surface area contributed by atoms with Crippen LogP contribution in [0.25, 0.3) is 5.82 Å². The second kappa shape index (κ2) is 11.4. The van der Waals surface area contributed by atoms with Crippen LogP contribution in [0.15, 0.2) is 42.7 Å². The summed E-state index contributed by atoms with van der Waals surface area (Å²) in [7, 11) is 1.36. The summed E-state index contributed by atoms with van der Waals surface area (Å²) in [6.45, 7) is 0.868. The summed E-state index contributed by atoms with van der Waals surface area (Å²) in [6.07, 6.45) is -11.5. The highest BCUT2D eigenvalue weighted by molar-refractivity contribution is 6.32. The molecule has 43 heavy (non-hydrogen) atoms. The Bertz CT molecular complexity index is 1690. The molecule has 3 aromatic heterocycles. The van der Waals surface area contributed by atoms with Crippen molar-refractivity contribution in [3.63, 3.8) is 0 Å². The van der Waals surface area contributed by atoms with Gasteiger partial charge >= 0.3 is 18.0 Å². The van der Waals surface area contributed by atoms with Gasteiger partial charge in [-0.05, 0) is 42.8 Å². The Kier molecular flexibility index (Phi) is 8.43. The zero-order valence-electron chi connectivity index (χ0n) is 21.7. The molecule has 0 atom stereocenters. The van der Waals surface area contributed by atoms with Crippen LogP contribution in [0.4, 0.5) is 36.4 Å². The number of hydrogen-bond donors (Lipinski definition) is 2. The summed E-state index contributed by atoms with van der Waals surface area (Å²) >= 11 is 12.3. The lowest BCUT2D eigenvalue weighted by Gasteiger charge is -2.27. The maximum absolute atomic E-state index is 14.4. The number of halogens is 9. The number of aryl methyl sites for hydroxylation is 1. The van der Waals surface area contributed by atoms with Gasteiger partial charge in [-0.3, -0.25) is 9.59 Å². The van der Waals surface area contributed by atoms with Crippen LogP contribution in [0.2, 0.25) is 10.0 Å². The van der Waals surface area contributed by atoms with Crippen LogP contribution in [0.3, 0.4) is 0 Å². The third-order valence-corrected chi connectivity index (χ3v) is 6.43. The molecule has 0 saturated heterocycles. The Morgan fingerprint density at radius 2 is 1.65 bits per heavy atom. The molecule has 10 nitrogen and oxygen atoms in total. The minimum absolute atomic E-state index is 0.00910. The number of benzene rings is 1. The van der Waals surface area contributed by atoms with Crippen molar-refractivity contribution in [2.75, 3.05) is 12.4 Å². The first-order chi connectivity index (χ1) is 20.0. The number of hydrogen-bond acceptors (Lipinski definition) is 6. The van der Waals surface area contributed by atoms with Crippen molar-refractivity contribution in [3.8, 4) is 5.82 Å². The molecule has 0 radical (unpaired) electrons. The number of alkyl halides is 7. The number of carbonyl (C=O) groups is 2. The molecular formula is C24H17Cl2F7N8O2. The number of amides is 2. The van der Waals surface area contributed by atoms with Gasteiger partial charge in [-0.1, -0.05) is 23.2 Å². The number of carbonyl (C=O) groups excluding carboxylic acids is 2. The summed E-state index contributed by atoms with van der Waals surface area (Å²) in [4.78, 5) is 30.3. The van der Waals surface area contributed by atoms with E-state index in [1.807, 2.05) is 0 Å². The number of aromatic nitrogens is 6. The van der Waals surface area contributed by atoms with Crippen molar-refractivity contribution in [2.45, 2.75) is 31.5 Å². The Balaban J connectivity index is 1.76. The van der Waals surface area contributed by atoms with Gasteiger partial charge in [0.2, 0.25) is 0 Å². The molecular weight excluding hydrogens is 636 g/mol. The quantitative estimate of drug-likeness (QED) is 0.257. The summed E-state index contributed by atoms with van der Waals surface area (Å²) in [5.74, 6) is -1.53. The molecule has 2 amide bonds. The second-order valence-electron chi connectivity index (χ2n) is 8.83. The van der Waals surface area contributed by atoms with Gasteiger partial charge in [-0.25, -0.2) is 14.1 Å². The van der Waals surface area contributed by atoms with E-state index in [9.17, 15) is 40.3 Å². The minimum Gasteiger partial charge on any atom is -0.355 e. The van der Waals surface area contributed by atoms with Crippen molar-refractivity contribution in [2.24, 2.45) is 0 Å². The molecule has 0 fully saturated rings. The molecule has 0 unspecified atom stereocenters. The van der Waals surface area contributed by atoms with E-state index in [4.69, 9.17) is 23.2 Å². The molecule has 3 heterocycles. The van der Waals surface area contributed by atoms with E-state index in [1.54, 1.807) is 6.92 Å². The smallest absolute Gasteiger partial charge is 0.355 e. The highest BCUT2D eigenvalue weighted by Crippen LogP contribution is 2.52. The zero-order chi connectivity index (χ0) is 31.9. The molecule has 1 aromatic carbocycles. The number of anilines is 1. The highest BCUT2D eigenvalue weighted by Gasteiger charge is 2.75. The largest absolute Gasteiger partial charge is 0.437 e. The van der Waals surface area contributed by atoms with E-state index in [0.29, 0.717) is 10.4 Å². The van der Waals surface area contributed by atoms with Gasteiger partial charge in [0.1, 0.15) is 17.9 Å². The van der Waals surface area contributed by atoms with Crippen LogP contribution >= 0.6 is 23.2 Å². The van der Waals surface area contributed by atoms with E-state index in [0.717, 1.165) is 10.7 Å². The molecule has 0 saturated carbocycles. The van der Waals surface area contributed by atoms with Gasteiger partial charge < -0.3 is 10.6 Å². The molecule has 4 aromatic rings. The van der Waals surface area contributed by atoms with Crippen molar-refractivity contribution in [3.05, 3.63) is 81.0 Å². The maximum atomic E-state index is 14.4. The molecule has 0 bridgehead atoms. The summed E-state index contributed by atoms with van der Waals surface area (Å²) in [6, 6.07) is 6.79. The van der Waals surface area contributed by atoms with Gasteiger partial charge in [0.25, 0.3) is 11.8 Å². The predicted molar refractivity (Wildman–Crippen MR) is 138 cm³/mol. The minimum atomic E-state index is -6.39. The summed E-state index contributed by atoms with van der Waals surface area (Å²) in [5.41, 5.74) is -7.78. The predicted octanol–water partition coefficient (Wildman–Crippen LogP) is 5.42. The second-order valence-corrected chi connectivity index (χ2v) is 9.68. The third-order valence-electron chi connectivity index (χ3n) is 5.92. The number of nitrogens with zero attached hydrogens (tertiary/aromatic N) is 6. The highest BCUT2D eigenvalue weighted by atomic mass is 35.5. The van der Waals surface area contributed by atoms with Crippen molar-refractivity contribution >= 4 is 40.7 Å². The van der Waals surface area contributed by atoms with Crippen LogP contribution in [-0.2, 0) is 12.2 Å². The van der Waals surface area contributed by atoms with E-state index in [1.165, 1.54) is 37.5 Å². The Morgan fingerprint density at radius 3 is 2.26 bits per heavy atom. The average Bonchev–Trinajstić information content (AvgIpc) is 3.55. The average molecular weight is 653 g/mol. The van der Waals surface area contributed by atoms with Crippen LogP contribution in [0, 0.1) is 6.92 Å². The van der Waals surface area contributed by atoms with Crippen molar-refractivity contribution < 1.29 is 40.3 Å². The summed E-state index contributed by atoms with van der Waals surface area (Å²) in [5, 5.41) is 15.7. The van der Waals surface area contributed by atoms with Crippen molar-refractivity contribution in [1.29, 1.82) is 0 Å². The van der Waals surface area contributed by atoms with E-state index in [2.05, 4.69) is 30.9 Å². The Hall–Kier alpha value is -4.25. The lowest BCUT2D eigenvalue weighted by molar-refractivity contribution is -0.350. The first-order valence-electron chi connectivity index (χ1n) is 11.7. The topological polar surface area (TPSA) is 120 Å². The fourth-order valence-electron chi connectivity index (χ4n) is 3.89. The van der Waals surface area contributed by atoms with E-state index < -0.39 is 42.1 Å². The van der Waals surface area contributed by atoms with Crippen molar-refractivity contribution in [1.82, 2.24) is 35.1 Å². The molecule has 19 heteroatoms.